The van der Waals surface area contributed by atoms with Gasteiger partial charge in [0.1, 0.15) is 11.1 Å². The van der Waals surface area contributed by atoms with Gasteiger partial charge in [-0.2, -0.15) is 0 Å². The fraction of sp³-hybridized carbons (Fsp3) is 0.222. The van der Waals surface area contributed by atoms with E-state index in [0.29, 0.717) is 0 Å². The number of hydrogen-bond acceptors (Lipinski definition) is 2. The molecule has 0 saturated heterocycles. The second-order valence-electron chi connectivity index (χ2n) is 2.68. The van der Waals surface area contributed by atoms with Gasteiger partial charge in [0.25, 0.3) is 0 Å². The Kier molecular flexibility index (Phi) is 3.14. The number of aromatic hydroxyl groups is 1. The summed E-state index contributed by atoms with van der Waals surface area (Å²) < 4.78 is 0. The second kappa shape index (κ2) is 4.14. The van der Waals surface area contributed by atoms with E-state index in [2.05, 4.69) is 0 Å². The lowest BCUT2D eigenvalue weighted by atomic mass is 10.1. The number of rotatable bonds is 3. The molecule has 0 bridgehead atoms. The van der Waals surface area contributed by atoms with Crippen LogP contribution in [-0.2, 0) is 11.2 Å². The summed E-state index contributed by atoms with van der Waals surface area (Å²) in [7, 11) is 0. The molecule has 2 N–H and O–H groups in total. The first-order chi connectivity index (χ1) is 6.09. The van der Waals surface area contributed by atoms with Crippen LogP contribution >= 0.6 is 11.6 Å². The van der Waals surface area contributed by atoms with Crippen LogP contribution in [0.1, 0.15) is 5.56 Å². The number of carbonyl (C=O) groups is 1. The maximum Gasteiger partial charge on any atom is 0.321 e. The molecule has 4 heteroatoms. The van der Waals surface area contributed by atoms with E-state index in [1.807, 2.05) is 0 Å². The summed E-state index contributed by atoms with van der Waals surface area (Å²) in [4.78, 5) is 10.4. The lowest BCUT2D eigenvalue weighted by Gasteiger charge is -2.03. The molecule has 1 unspecified atom stereocenters. The van der Waals surface area contributed by atoms with E-state index in [0.717, 1.165) is 5.56 Å². The highest BCUT2D eigenvalue weighted by Gasteiger charge is 2.13. The summed E-state index contributed by atoms with van der Waals surface area (Å²) in [5.74, 6) is -0.875. The van der Waals surface area contributed by atoms with Crippen molar-refractivity contribution < 1.29 is 15.0 Å². The average molecular weight is 201 g/mol. The van der Waals surface area contributed by atoms with E-state index >= 15 is 0 Å². The molecular weight excluding hydrogens is 192 g/mol. The maximum absolute atomic E-state index is 10.4. The molecule has 1 atom stereocenters. The Morgan fingerprint density at radius 1 is 1.38 bits per heavy atom. The van der Waals surface area contributed by atoms with Crippen molar-refractivity contribution in [3.63, 3.8) is 0 Å². The number of hydrogen-bond donors (Lipinski definition) is 2. The summed E-state index contributed by atoms with van der Waals surface area (Å²) in [5, 5.41) is 16.6. The number of carboxylic acid groups (broad SMARTS) is 1. The lowest BCUT2D eigenvalue weighted by molar-refractivity contribution is -0.136. The Morgan fingerprint density at radius 2 is 1.92 bits per heavy atom. The molecule has 0 aliphatic carbocycles. The minimum Gasteiger partial charge on any atom is -0.508 e. The predicted octanol–water partition coefficient (Wildman–Crippen LogP) is 1.63. The lowest BCUT2D eigenvalue weighted by Crippen LogP contribution is -2.15. The third-order valence-corrected chi connectivity index (χ3v) is 1.96. The first-order valence-electron chi connectivity index (χ1n) is 3.74. The van der Waals surface area contributed by atoms with Crippen LogP contribution in [0.2, 0.25) is 0 Å². The normalized spacial score (nSPS) is 12.4. The van der Waals surface area contributed by atoms with E-state index < -0.39 is 11.3 Å². The van der Waals surface area contributed by atoms with Crippen molar-refractivity contribution in [3.8, 4) is 5.75 Å². The molecule has 1 aromatic rings. The van der Waals surface area contributed by atoms with E-state index in [4.69, 9.17) is 21.8 Å². The van der Waals surface area contributed by atoms with Gasteiger partial charge in [0.2, 0.25) is 0 Å². The summed E-state index contributed by atoms with van der Waals surface area (Å²) in [6.07, 6.45) is 0.261. The van der Waals surface area contributed by atoms with Crippen molar-refractivity contribution in [1.29, 1.82) is 0 Å². The fourth-order valence-corrected chi connectivity index (χ4v) is 1.10. The molecular formula is C9H9ClO3. The molecule has 0 aliphatic heterocycles. The zero-order valence-electron chi connectivity index (χ0n) is 6.77. The Balaban J connectivity index is 2.64. The Hall–Kier alpha value is -1.22. The van der Waals surface area contributed by atoms with Gasteiger partial charge in [-0.3, -0.25) is 4.79 Å². The molecule has 0 aliphatic rings. The van der Waals surface area contributed by atoms with Gasteiger partial charge in [-0.1, -0.05) is 12.1 Å². The Labute approximate surface area is 80.6 Å². The van der Waals surface area contributed by atoms with Crippen molar-refractivity contribution in [2.45, 2.75) is 11.8 Å². The Morgan fingerprint density at radius 3 is 2.38 bits per heavy atom. The van der Waals surface area contributed by atoms with E-state index in [-0.39, 0.29) is 12.2 Å². The number of alkyl halides is 1. The third-order valence-electron chi connectivity index (χ3n) is 1.62. The molecule has 0 radical (unpaired) electrons. The van der Waals surface area contributed by atoms with Gasteiger partial charge in [-0.15, -0.1) is 11.6 Å². The Bertz CT molecular complexity index is 294. The standard InChI is InChI=1S/C9H9ClO3/c10-8(9(12)13)5-6-1-3-7(11)4-2-6/h1-4,8,11H,5H2,(H,12,13). The molecule has 13 heavy (non-hydrogen) atoms. The van der Waals surface area contributed by atoms with Gasteiger partial charge in [0, 0.05) is 0 Å². The van der Waals surface area contributed by atoms with Gasteiger partial charge in [0.15, 0.2) is 0 Å². The van der Waals surface area contributed by atoms with Gasteiger partial charge >= 0.3 is 5.97 Å². The van der Waals surface area contributed by atoms with Crippen LogP contribution in [0.25, 0.3) is 0 Å². The molecule has 1 rings (SSSR count). The molecule has 0 fully saturated rings. The number of phenolic OH excluding ortho intramolecular Hbond substituents is 1. The number of aliphatic carboxylic acids is 1. The highest BCUT2D eigenvalue weighted by Crippen LogP contribution is 2.13. The van der Waals surface area contributed by atoms with Crippen LogP contribution in [0.4, 0.5) is 0 Å². The van der Waals surface area contributed by atoms with Crippen LogP contribution < -0.4 is 0 Å². The summed E-state index contributed by atoms with van der Waals surface area (Å²) in [6.45, 7) is 0. The second-order valence-corrected chi connectivity index (χ2v) is 3.20. The van der Waals surface area contributed by atoms with Crippen molar-refractivity contribution in [1.82, 2.24) is 0 Å². The largest absolute Gasteiger partial charge is 0.508 e. The molecule has 3 nitrogen and oxygen atoms in total. The summed E-state index contributed by atoms with van der Waals surface area (Å²) >= 11 is 5.53. The predicted molar refractivity (Wildman–Crippen MR) is 49.1 cm³/mol. The average Bonchev–Trinajstić information content (AvgIpc) is 2.08. The molecule has 70 valence electrons. The van der Waals surface area contributed by atoms with Gasteiger partial charge < -0.3 is 10.2 Å². The van der Waals surface area contributed by atoms with Crippen molar-refractivity contribution in [3.05, 3.63) is 29.8 Å². The molecule has 0 heterocycles. The summed E-state index contributed by atoms with van der Waals surface area (Å²) in [5.41, 5.74) is 0.792. The van der Waals surface area contributed by atoms with Crippen LogP contribution in [0, 0.1) is 0 Å². The zero-order valence-corrected chi connectivity index (χ0v) is 7.53. The van der Waals surface area contributed by atoms with E-state index in [9.17, 15) is 4.79 Å². The fourth-order valence-electron chi connectivity index (χ4n) is 0.926. The molecule has 0 amide bonds. The van der Waals surface area contributed by atoms with Gasteiger partial charge in [0.05, 0.1) is 0 Å². The first-order valence-corrected chi connectivity index (χ1v) is 4.18. The molecule has 0 spiro atoms. The van der Waals surface area contributed by atoms with Crippen LogP contribution in [0.5, 0.6) is 5.75 Å². The van der Waals surface area contributed by atoms with Crippen molar-refractivity contribution >= 4 is 17.6 Å². The topological polar surface area (TPSA) is 57.5 Å². The van der Waals surface area contributed by atoms with Gasteiger partial charge in [-0.25, -0.2) is 0 Å². The molecule has 1 aromatic carbocycles. The smallest absolute Gasteiger partial charge is 0.321 e. The van der Waals surface area contributed by atoms with Crippen LogP contribution in [-0.4, -0.2) is 21.6 Å². The van der Waals surface area contributed by atoms with Crippen LogP contribution in [0.15, 0.2) is 24.3 Å². The highest BCUT2D eigenvalue weighted by molar-refractivity contribution is 6.29. The highest BCUT2D eigenvalue weighted by atomic mass is 35.5. The van der Waals surface area contributed by atoms with Crippen molar-refractivity contribution in [2.24, 2.45) is 0 Å². The number of benzene rings is 1. The number of halogens is 1. The maximum atomic E-state index is 10.4. The van der Waals surface area contributed by atoms with Crippen LogP contribution in [0.3, 0.4) is 0 Å². The quantitative estimate of drug-likeness (QED) is 0.730. The van der Waals surface area contributed by atoms with E-state index in [1.165, 1.54) is 12.1 Å². The minimum absolute atomic E-state index is 0.158. The minimum atomic E-state index is -1.03. The monoisotopic (exact) mass is 200 g/mol. The van der Waals surface area contributed by atoms with Gasteiger partial charge in [-0.05, 0) is 24.1 Å². The van der Waals surface area contributed by atoms with Crippen molar-refractivity contribution in [2.75, 3.05) is 0 Å². The number of phenols is 1. The van der Waals surface area contributed by atoms with E-state index in [1.54, 1.807) is 12.1 Å². The summed E-state index contributed by atoms with van der Waals surface area (Å²) in [6, 6.07) is 6.29. The number of carboxylic acids is 1. The SMILES string of the molecule is O=C(O)C(Cl)Cc1ccc(O)cc1. The molecule has 0 saturated carbocycles. The molecule has 0 aromatic heterocycles. The first kappa shape index (κ1) is 9.86. The third kappa shape index (κ3) is 2.95. The zero-order chi connectivity index (χ0) is 9.84.